The Bertz CT molecular complexity index is 105. The van der Waals surface area contributed by atoms with Gasteiger partial charge in [0.15, 0.2) is 0 Å². The maximum atomic E-state index is 10.4. The second kappa shape index (κ2) is 1.07. The first-order valence-electron chi connectivity index (χ1n) is 2.45. The molecule has 1 saturated carbocycles. The molecule has 2 heteroatoms. The Labute approximate surface area is 42.7 Å². The Balaban J connectivity index is 2.55. The van der Waals surface area contributed by atoms with Gasteiger partial charge in [-0.25, -0.2) is 0 Å². The Morgan fingerprint density at radius 2 is 2.14 bits per heavy atom. The van der Waals surface area contributed by atoms with Gasteiger partial charge in [0, 0.05) is 0 Å². The van der Waals surface area contributed by atoms with Crippen molar-refractivity contribution < 1.29 is 4.79 Å². The summed E-state index contributed by atoms with van der Waals surface area (Å²) in [5.74, 6) is 0.132. The predicted octanol–water partition coefficient (Wildman–Crippen LogP) is 0.0667. The Hall–Kier alpha value is -0.370. The molecule has 1 rings (SSSR count). The molecule has 2 nitrogen and oxygen atoms in total. The molecule has 0 heterocycles. The monoisotopic (exact) mass is 99.1 g/mol. The molecule has 1 fully saturated rings. The molecule has 0 spiro atoms. The first kappa shape index (κ1) is 4.78. The summed E-state index contributed by atoms with van der Waals surface area (Å²) in [7, 11) is 0. The fraction of sp³-hybridized carbons (Fsp3) is 0.800. The Morgan fingerprint density at radius 3 is 2.14 bits per heavy atom. The van der Waals surface area contributed by atoms with Crippen molar-refractivity contribution >= 4 is 5.78 Å². The van der Waals surface area contributed by atoms with Crippen LogP contribution in [0.3, 0.4) is 0 Å². The molecule has 0 aromatic carbocycles. The molecule has 0 bridgehead atoms. The molecule has 40 valence electrons. The van der Waals surface area contributed by atoms with Gasteiger partial charge >= 0.3 is 0 Å². The van der Waals surface area contributed by atoms with Crippen LogP contribution >= 0.6 is 0 Å². The van der Waals surface area contributed by atoms with Gasteiger partial charge < -0.3 is 5.73 Å². The molecular formula is C5H9NO. The van der Waals surface area contributed by atoms with E-state index in [1.54, 1.807) is 6.92 Å². The predicted molar refractivity (Wildman–Crippen MR) is 26.8 cm³/mol. The second-order valence-corrected chi connectivity index (χ2v) is 2.21. The highest BCUT2D eigenvalue weighted by Crippen LogP contribution is 2.32. The van der Waals surface area contributed by atoms with Gasteiger partial charge in [0.2, 0.25) is 0 Å². The van der Waals surface area contributed by atoms with Crippen molar-refractivity contribution in [1.82, 2.24) is 0 Å². The third-order valence-corrected chi connectivity index (χ3v) is 1.49. The zero-order valence-corrected chi connectivity index (χ0v) is 4.40. The summed E-state index contributed by atoms with van der Waals surface area (Å²) in [6, 6.07) is 0. The van der Waals surface area contributed by atoms with Crippen LogP contribution in [0.2, 0.25) is 0 Å². The number of carbonyl (C=O) groups excluding carboxylic acids is 1. The van der Waals surface area contributed by atoms with E-state index in [4.69, 9.17) is 5.73 Å². The fourth-order valence-corrected chi connectivity index (χ4v) is 0.487. The van der Waals surface area contributed by atoms with Crippen molar-refractivity contribution in [2.45, 2.75) is 25.3 Å². The smallest absolute Gasteiger partial charge is 0.149 e. The van der Waals surface area contributed by atoms with Crippen LogP contribution < -0.4 is 5.73 Å². The number of Topliss-reactive ketones (excluding diaryl/α,β-unsaturated/α-hetero) is 1. The summed E-state index contributed by atoms with van der Waals surface area (Å²) >= 11 is 0. The standard InChI is InChI=1S/C5H9NO/c1-4(7)5(6)2-3-5/h2-3,6H2,1H3. The summed E-state index contributed by atoms with van der Waals surface area (Å²) < 4.78 is 0. The van der Waals surface area contributed by atoms with Crippen LogP contribution in [0.4, 0.5) is 0 Å². The van der Waals surface area contributed by atoms with E-state index in [1.807, 2.05) is 0 Å². The van der Waals surface area contributed by atoms with E-state index in [-0.39, 0.29) is 11.3 Å². The van der Waals surface area contributed by atoms with Crippen LogP contribution in [0.15, 0.2) is 0 Å². The van der Waals surface area contributed by atoms with Crippen molar-refractivity contribution in [3.63, 3.8) is 0 Å². The molecule has 0 atom stereocenters. The highest BCUT2D eigenvalue weighted by atomic mass is 16.1. The van der Waals surface area contributed by atoms with Gasteiger partial charge in [-0.2, -0.15) is 0 Å². The highest BCUT2D eigenvalue weighted by molar-refractivity contribution is 5.88. The van der Waals surface area contributed by atoms with E-state index >= 15 is 0 Å². The van der Waals surface area contributed by atoms with E-state index in [9.17, 15) is 4.79 Å². The van der Waals surface area contributed by atoms with E-state index < -0.39 is 0 Å². The molecule has 1 aliphatic rings. The minimum Gasteiger partial charge on any atom is -0.319 e. The van der Waals surface area contributed by atoms with E-state index in [2.05, 4.69) is 0 Å². The van der Waals surface area contributed by atoms with Crippen LogP contribution in [0.1, 0.15) is 19.8 Å². The van der Waals surface area contributed by atoms with Gasteiger partial charge in [0.05, 0.1) is 5.54 Å². The van der Waals surface area contributed by atoms with E-state index in [0.717, 1.165) is 12.8 Å². The third-order valence-electron chi connectivity index (χ3n) is 1.49. The lowest BCUT2D eigenvalue weighted by atomic mass is 10.2. The lowest BCUT2D eigenvalue weighted by Crippen LogP contribution is -2.30. The first-order chi connectivity index (χ1) is 3.15. The maximum Gasteiger partial charge on any atom is 0.149 e. The van der Waals surface area contributed by atoms with Crippen LogP contribution in [-0.4, -0.2) is 11.3 Å². The minimum atomic E-state index is -0.389. The molecule has 0 saturated heterocycles. The van der Waals surface area contributed by atoms with Crippen LogP contribution in [0.25, 0.3) is 0 Å². The SMILES string of the molecule is CC(=O)C1(N)CC1. The summed E-state index contributed by atoms with van der Waals surface area (Å²) in [6.45, 7) is 1.55. The number of hydrogen-bond acceptors (Lipinski definition) is 2. The second-order valence-electron chi connectivity index (χ2n) is 2.21. The summed E-state index contributed by atoms with van der Waals surface area (Å²) in [5, 5.41) is 0. The first-order valence-corrected chi connectivity index (χ1v) is 2.45. The molecule has 2 N–H and O–H groups in total. The number of hydrogen-bond donors (Lipinski definition) is 1. The van der Waals surface area contributed by atoms with Crippen molar-refractivity contribution in [3.8, 4) is 0 Å². The quantitative estimate of drug-likeness (QED) is 0.505. The van der Waals surface area contributed by atoms with Gasteiger partial charge in [-0.1, -0.05) is 0 Å². The maximum absolute atomic E-state index is 10.4. The normalized spacial score (nSPS) is 24.3. The van der Waals surface area contributed by atoms with Crippen LogP contribution in [0.5, 0.6) is 0 Å². The van der Waals surface area contributed by atoms with Gasteiger partial charge in [-0.15, -0.1) is 0 Å². The number of carbonyl (C=O) groups is 1. The molecule has 0 amide bonds. The molecule has 0 radical (unpaired) electrons. The highest BCUT2D eigenvalue weighted by Gasteiger charge is 2.42. The van der Waals surface area contributed by atoms with Gasteiger partial charge in [-0.05, 0) is 19.8 Å². The fourth-order valence-electron chi connectivity index (χ4n) is 0.487. The van der Waals surface area contributed by atoms with Crippen molar-refractivity contribution in [1.29, 1.82) is 0 Å². The average Bonchev–Trinajstić information content (AvgIpc) is 2.21. The zero-order valence-electron chi connectivity index (χ0n) is 4.40. The zero-order chi connectivity index (χ0) is 5.49. The molecule has 0 unspecified atom stereocenters. The third kappa shape index (κ3) is 0.657. The average molecular weight is 99.1 g/mol. The van der Waals surface area contributed by atoms with E-state index in [1.165, 1.54) is 0 Å². The Morgan fingerprint density at radius 1 is 1.71 bits per heavy atom. The number of ketones is 1. The summed E-state index contributed by atoms with van der Waals surface area (Å²) in [6.07, 6.45) is 1.78. The minimum absolute atomic E-state index is 0.132. The number of rotatable bonds is 1. The summed E-state index contributed by atoms with van der Waals surface area (Å²) in [5.41, 5.74) is 5.05. The molecule has 0 aromatic rings. The molecular weight excluding hydrogens is 90.1 g/mol. The number of nitrogens with two attached hydrogens (primary N) is 1. The largest absolute Gasteiger partial charge is 0.319 e. The van der Waals surface area contributed by atoms with Crippen LogP contribution in [-0.2, 0) is 4.79 Å². The lowest BCUT2D eigenvalue weighted by Gasteiger charge is -1.97. The van der Waals surface area contributed by atoms with Gasteiger partial charge in [-0.3, -0.25) is 4.79 Å². The lowest BCUT2D eigenvalue weighted by molar-refractivity contribution is -0.119. The van der Waals surface area contributed by atoms with Crippen molar-refractivity contribution in [2.75, 3.05) is 0 Å². The molecule has 1 aliphatic carbocycles. The molecule has 0 aliphatic heterocycles. The van der Waals surface area contributed by atoms with Gasteiger partial charge in [0.25, 0.3) is 0 Å². The van der Waals surface area contributed by atoms with Gasteiger partial charge in [0.1, 0.15) is 5.78 Å². The molecule has 0 aromatic heterocycles. The van der Waals surface area contributed by atoms with E-state index in [0.29, 0.717) is 0 Å². The van der Waals surface area contributed by atoms with Crippen molar-refractivity contribution in [2.24, 2.45) is 5.73 Å². The van der Waals surface area contributed by atoms with Crippen LogP contribution in [0, 0.1) is 0 Å². The Kier molecular flexibility index (Phi) is 0.729. The topological polar surface area (TPSA) is 43.1 Å². The summed E-state index contributed by atoms with van der Waals surface area (Å²) in [4.78, 5) is 10.4. The van der Waals surface area contributed by atoms with Crippen molar-refractivity contribution in [3.05, 3.63) is 0 Å². The molecule has 7 heavy (non-hydrogen) atoms.